The van der Waals surface area contributed by atoms with Crippen LogP contribution in [0, 0.1) is 0 Å². The number of fused-ring (bicyclic) bond motifs is 3. The Morgan fingerprint density at radius 2 is 1.59 bits per heavy atom. The van der Waals surface area contributed by atoms with Gasteiger partial charge in [-0.3, -0.25) is 9.97 Å². The first-order valence-corrected chi connectivity index (χ1v) is 12.3. The number of anilines is 1. The van der Waals surface area contributed by atoms with Crippen LogP contribution in [0.5, 0.6) is 23.1 Å². The number of nitrogen functional groups attached to an aromatic ring is 1. The van der Waals surface area contributed by atoms with E-state index in [2.05, 4.69) is 19.9 Å². The lowest BCUT2D eigenvalue weighted by Crippen LogP contribution is -2.34. The fourth-order valence-corrected chi connectivity index (χ4v) is 4.12. The van der Waals surface area contributed by atoms with Crippen LogP contribution in [0.25, 0.3) is 32.9 Å². The highest BCUT2D eigenvalue weighted by molar-refractivity contribution is 6.10. The lowest BCUT2D eigenvalue weighted by Gasteiger charge is -2.15. The largest absolute Gasteiger partial charge is 0.493 e. The molecule has 0 aliphatic carbocycles. The van der Waals surface area contributed by atoms with Crippen LogP contribution < -0.4 is 30.4 Å². The van der Waals surface area contributed by atoms with Crippen molar-refractivity contribution in [2.24, 2.45) is 5.73 Å². The number of hydrogen-bond acceptors (Lipinski definition) is 10. The first-order valence-electron chi connectivity index (χ1n) is 12.3. The molecule has 0 radical (unpaired) electrons. The molecule has 4 N–H and O–H groups in total. The van der Waals surface area contributed by atoms with Gasteiger partial charge in [0.1, 0.15) is 24.8 Å². The van der Waals surface area contributed by atoms with Crippen LogP contribution >= 0.6 is 0 Å². The van der Waals surface area contributed by atoms with Gasteiger partial charge in [0.05, 0.1) is 43.2 Å². The van der Waals surface area contributed by atoms with Gasteiger partial charge in [-0.05, 0) is 29.7 Å². The maximum Gasteiger partial charge on any atom is 0.417 e. The molecule has 0 amide bonds. The zero-order chi connectivity index (χ0) is 29.1. The summed E-state index contributed by atoms with van der Waals surface area (Å²) in [6, 6.07) is 8.70. The Labute approximate surface area is 232 Å². The van der Waals surface area contributed by atoms with Crippen molar-refractivity contribution in [1.82, 2.24) is 19.9 Å². The molecule has 13 heteroatoms. The van der Waals surface area contributed by atoms with Gasteiger partial charge in [-0.2, -0.15) is 13.2 Å². The molecule has 4 aromatic heterocycles. The van der Waals surface area contributed by atoms with Crippen LogP contribution in [0.2, 0.25) is 0 Å². The molecule has 0 fully saturated rings. The molecular formula is C28H25F3N6O4. The number of nitrogens with zero attached hydrogens (tertiary/aromatic N) is 4. The van der Waals surface area contributed by atoms with Gasteiger partial charge in [-0.1, -0.05) is 0 Å². The normalized spacial score (nSPS) is 12.3. The van der Waals surface area contributed by atoms with Crippen LogP contribution in [-0.4, -0.2) is 53.4 Å². The van der Waals surface area contributed by atoms with Gasteiger partial charge in [-0.15, -0.1) is 0 Å². The summed E-state index contributed by atoms with van der Waals surface area (Å²) in [5, 5.41) is 2.31. The summed E-state index contributed by atoms with van der Waals surface area (Å²) in [6.07, 6.45) is 1.05. The van der Waals surface area contributed by atoms with Crippen molar-refractivity contribution in [2.45, 2.75) is 12.2 Å². The minimum absolute atomic E-state index is 0.0240. The zero-order valence-corrected chi connectivity index (χ0v) is 22.0. The first-order chi connectivity index (χ1) is 19.7. The average molecular weight is 567 g/mol. The number of rotatable bonds is 9. The quantitative estimate of drug-likeness (QED) is 0.242. The lowest BCUT2D eigenvalue weighted by atomic mass is 10.0. The van der Waals surface area contributed by atoms with Crippen LogP contribution in [0.4, 0.5) is 19.0 Å². The number of nitrogens with two attached hydrogens (primary N) is 2. The molecule has 0 aliphatic heterocycles. The molecule has 1 aromatic carbocycles. The van der Waals surface area contributed by atoms with Gasteiger partial charge < -0.3 is 30.4 Å². The van der Waals surface area contributed by atoms with E-state index in [0.717, 1.165) is 22.9 Å². The maximum atomic E-state index is 12.7. The van der Waals surface area contributed by atoms with Crippen LogP contribution in [0.1, 0.15) is 5.56 Å². The number of hydrogen-bond donors (Lipinski definition) is 2. The van der Waals surface area contributed by atoms with Gasteiger partial charge in [0.2, 0.25) is 5.88 Å². The predicted octanol–water partition coefficient (Wildman–Crippen LogP) is 4.64. The van der Waals surface area contributed by atoms with Gasteiger partial charge in [0.15, 0.2) is 11.5 Å². The first kappa shape index (κ1) is 27.6. The molecule has 0 unspecified atom stereocenters. The summed E-state index contributed by atoms with van der Waals surface area (Å²) >= 11 is 0. The number of aromatic nitrogens is 4. The fraction of sp³-hybridized carbons (Fsp3) is 0.214. The topological polar surface area (TPSA) is 141 Å². The maximum absolute atomic E-state index is 12.7. The Morgan fingerprint density at radius 1 is 0.829 bits per heavy atom. The Bertz CT molecular complexity index is 1700. The van der Waals surface area contributed by atoms with Crippen molar-refractivity contribution in [2.75, 3.05) is 33.2 Å². The van der Waals surface area contributed by atoms with E-state index >= 15 is 0 Å². The zero-order valence-electron chi connectivity index (χ0n) is 22.0. The summed E-state index contributed by atoms with van der Waals surface area (Å²) in [5.74, 6) is 1.86. The van der Waals surface area contributed by atoms with Gasteiger partial charge in [0, 0.05) is 47.1 Å². The van der Waals surface area contributed by atoms with E-state index in [9.17, 15) is 13.2 Å². The minimum atomic E-state index is -4.47. The monoisotopic (exact) mass is 566 g/mol. The summed E-state index contributed by atoms with van der Waals surface area (Å²) < 4.78 is 60.1. The molecular weight excluding hydrogens is 541 g/mol. The Hall–Kier alpha value is -4.91. The molecule has 41 heavy (non-hydrogen) atoms. The third-order valence-electron chi connectivity index (χ3n) is 6.19. The van der Waals surface area contributed by atoms with E-state index in [1.54, 1.807) is 38.7 Å². The molecule has 10 nitrogen and oxygen atoms in total. The van der Waals surface area contributed by atoms with E-state index in [-0.39, 0.29) is 19.1 Å². The molecule has 1 atom stereocenters. The van der Waals surface area contributed by atoms with Gasteiger partial charge in [0.25, 0.3) is 0 Å². The molecule has 0 spiro atoms. The molecule has 212 valence electrons. The smallest absolute Gasteiger partial charge is 0.417 e. The second kappa shape index (κ2) is 11.3. The summed E-state index contributed by atoms with van der Waals surface area (Å²) in [5.41, 5.74) is 13.4. The van der Waals surface area contributed by atoms with Gasteiger partial charge >= 0.3 is 6.18 Å². The molecule has 0 saturated carbocycles. The Kier molecular flexibility index (Phi) is 7.62. The molecule has 5 rings (SSSR count). The number of halogens is 3. The van der Waals surface area contributed by atoms with Crippen molar-refractivity contribution in [1.29, 1.82) is 0 Å². The van der Waals surface area contributed by atoms with Gasteiger partial charge in [-0.25, -0.2) is 9.97 Å². The molecule has 0 aliphatic rings. The van der Waals surface area contributed by atoms with E-state index in [1.165, 1.54) is 6.20 Å². The number of benzene rings is 1. The van der Waals surface area contributed by atoms with Crippen LogP contribution in [0.3, 0.4) is 0 Å². The van der Waals surface area contributed by atoms with Crippen molar-refractivity contribution >= 4 is 27.5 Å². The predicted molar refractivity (Wildman–Crippen MR) is 146 cm³/mol. The molecule has 5 aromatic rings. The van der Waals surface area contributed by atoms with Crippen molar-refractivity contribution in [3.63, 3.8) is 0 Å². The van der Waals surface area contributed by atoms with Crippen LogP contribution in [0.15, 0.2) is 61.2 Å². The molecule has 4 heterocycles. The van der Waals surface area contributed by atoms with Crippen molar-refractivity contribution in [3.8, 4) is 34.4 Å². The standard InChI is InChI=1S/C28H25F3N6O4/c1-38-24-7-20-19-6-22(37-27(33)21(19)12-35-23(20)8-25(24)39-2)15-5-18(11-34-9-15)40-13-17(32)14-41-26-4-3-16(10-36-26)28(29,30)31/h3-12,17H,13-14,32H2,1-2H3,(H2,33,37)/t17-/m1/s1. The second-order valence-corrected chi connectivity index (χ2v) is 9.01. The lowest BCUT2D eigenvalue weighted by molar-refractivity contribution is -0.137. The van der Waals surface area contributed by atoms with E-state index < -0.39 is 17.8 Å². The third-order valence-corrected chi connectivity index (χ3v) is 6.19. The molecule has 0 bridgehead atoms. The second-order valence-electron chi connectivity index (χ2n) is 9.01. The highest BCUT2D eigenvalue weighted by Gasteiger charge is 2.30. The summed E-state index contributed by atoms with van der Waals surface area (Å²) in [6.45, 7) is 0.0284. The minimum Gasteiger partial charge on any atom is -0.493 e. The van der Waals surface area contributed by atoms with Crippen LogP contribution in [-0.2, 0) is 6.18 Å². The number of pyridine rings is 4. The number of ether oxygens (including phenoxy) is 4. The highest BCUT2D eigenvalue weighted by Crippen LogP contribution is 2.37. The average Bonchev–Trinajstić information content (AvgIpc) is 2.98. The van der Waals surface area contributed by atoms with Crippen molar-refractivity contribution < 1.29 is 32.1 Å². The molecule has 0 saturated heterocycles. The number of methoxy groups -OCH3 is 2. The van der Waals surface area contributed by atoms with E-state index in [1.807, 2.05) is 12.1 Å². The highest BCUT2D eigenvalue weighted by atomic mass is 19.4. The number of alkyl halides is 3. The summed E-state index contributed by atoms with van der Waals surface area (Å²) in [4.78, 5) is 17.0. The summed E-state index contributed by atoms with van der Waals surface area (Å²) in [7, 11) is 3.12. The Morgan fingerprint density at radius 3 is 2.29 bits per heavy atom. The fourth-order valence-electron chi connectivity index (χ4n) is 4.12. The SMILES string of the molecule is COc1cc2ncc3c(N)nc(-c4cncc(OC[C@@H](N)COc5ccc(C(F)(F)F)cn5)c4)cc3c2cc1OC. The van der Waals surface area contributed by atoms with E-state index in [0.29, 0.717) is 51.4 Å². The van der Waals surface area contributed by atoms with E-state index in [4.69, 9.17) is 30.4 Å². The third kappa shape index (κ3) is 5.99. The van der Waals surface area contributed by atoms with Crippen molar-refractivity contribution in [3.05, 3.63) is 66.7 Å². The Balaban J connectivity index is 1.32.